The fourth-order valence-electron chi connectivity index (χ4n) is 2.72. The van der Waals surface area contributed by atoms with Crippen molar-refractivity contribution in [3.8, 4) is 0 Å². The molecule has 0 spiro atoms. The van der Waals surface area contributed by atoms with Crippen molar-refractivity contribution in [2.24, 2.45) is 0 Å². The van der Waals surface area contributed by atoms with Crippen LogP contribution in [0.5, 0.6) is 0 Å². The van der Waals surface area contributed by atoms with Crippen molar-refractivity contribution < 1.29 is 5.11 Å². The van der Waals surface area contributed by atoms with Gasteiger partial charge in [-0.3, -0.25) is 0 Å². The number of halogens is 1. The zero-order valence-corrected chi connectivity index (χ0v) is 13.2. The molecule has 0 saturated heterocycles. The van der Waals surface area contributed by atoms with E-state index in [2.05, 4.69) is 11.4 Å². The molecule has 2 aromatic carbocycles. The molecule has 1 aliphatic heterocycles. The summed E-state index contributed by atoms with van der Waals surface area (Å²) in [5.74, 6) is 1.08. The standard InChI is InChI=1S/C17H18ClNOS/c18-13-6-7-17-14(10-13)15(8-9-21-17)19-16(11-20)12-4-2-1-3-5-12/h1-7,10,15-16,19-20H,8-9,11H2/t15?,16-/m0/s1. The monoisotopic (exact) mass is 319 g/mol. The van der Waals surface area contributed by atoms with Gasteiger partial charge in [-0.25, -0.2) is 0 Å². The van der Waals surface area contributed by atoms with Gasteiger partial charge >= 0.3 is 0 Å². The number of benzene rings is 2. The predicted molar refractivity (Wildman–Crippen MR) is 88.9 cm³/mol. The first-order valence-corrected chi connectivity index (χ1v) is 8.48. The lowest BCUT2D eigenvalue weighted by Gasteiger charge is -2.30. The van der Waals surface area contributed by atoms with Gasteiger partial charge in [0, 0.05) is 16.0 Å². The fraction of sp³-hybridized carbons (Fsp3) is 0.294. The summed E-state index contributed by atoms with van der Waals surface area (Å²) in [5, 5.41) is 14.1. The third kappa shape index (κ3) is 3.43. The first-order chi connectivity index (χ1) is 10.3. The molecule has 21 heavy (non-hydrogen) atoms. The summed E-state index contributed by atoms with van der Waals surface area (Å²) in [7, 11) is 0. The van der Waals surface area contributed by atoms with Crippen LogP contribution in [0.1, 0.15) is 29.6 Å². The highest BCUT2D eigenvalue weighted by atomic mass is 35.5. The van der Waals surface area contributed by atoms with E-state index in [1.165, 1.54) is 10.5 Å². The Morgan fingerprint density at radius 3 is 2.81 bits per heavy atom. The second kappa shape index (κ2) is 6.84. The lowest BCUT2D eigenvalue weighted by Crippen LogP contribution is -2.30. The van der Waals surface area contributed by atoms with Gasteiger partial charge in [0.15, 0.2) is 0 Å². The van der Waals surface area contributed by atoms with Crippen molar-refractivity contribution >= 4 is 23.4 Å². The number of nitrogens with one attached hydrogen (secondary N) is 1. The smallest absolute Gasteiger partial charge is 0.0626 e. The molecule has 110 valence electrons. The number of hydrogen-bond donors (Lipinski definition) is 2. The van der Waals surface area contributed by atoms with Gasteiger partial charge in [0.25, 0.3) is 0 Å². The van der Waals surface area contributed by atoms with Gasteiger partial charge < -0.3 is 10.4 Å². The quantitative estimate of drug-likeness (QED) is 0.886. The summed E-state index contributed by atoms with van der Waals surface area (Å²) in [6.45, 7) is 0.0869. The normalized spacial score (nSPS) is 19.0. The van der Waals surface area contributed by atoms with Crippen LogP contribution in [0.3, 0.4) is 0 Å². The summed E-state index contributed by atoms with van der Waals surface area (Å²) in [5.41, 5.74) is 2.36. The number of aliphatic hydroxyl groups is 1. The SMILES string of the molecule is OC[C@H](NC1CCSc2ccc(Cl)cc21)c1ccccc1. The van der Waals surface area contributed by atoms with Crippen LogP contribution in [-0.2, 0) is 0 Å². The van der Waals surface area contributed by atoms with Crippen molar-refractivity contribution in [1.29, 1.82) is 0 Å². The van der Waals surface area contributed by atoms with Gasteiger partial charge in [0.2, 0.25) is 0 Å². The van der Waals surface area contributed by atoms with E-state index in [4.69, 9.17) is 11.6 Å². The van der Waals surface area contributed by atoms with E-state index in [0.29, 0.717) is 0 Å². The second-order valence-electron chi connectivity index (χ2n) is 5.18. The van der Waals surface area contributed by atoms with E-state index in [9.17, 15) is 5.11 Å². The van der Waals surface area contributed by atoms with E-state index in [-0.39, 0.29) is 18.7 Å². The Morgan fingerprint density at radius 2 is 2.05 bits per heavy atom. The number of aliphatic hydroxyl groups excluding tert-OH is 1. The Kier molecular flexibility index (Phi) is 4.86. The molecule has 0 aliphatic carbocycles. The van der Waals surface area contributed by atoms with Crippen molar-refractivity contribution in [1.82, 2.24) is 5.32 Å². The molecule has 0 radical (unpaired) electrons. The summed E-state index contributed by atoms with van der Waals surface area (Å²) >= 11 is 8.01. The summed E-state index contributed by atoms with van der Waals surface area (Å²) in [6, 6.07) is 16.3. The van der Waals surface area contributed by atoms with Gasteiger partial charge in [-0.1, -0.05) is 41.9 Å². The van der Waals surface area contributed by atoms with Crippen LogP contribution in [0.25, 0.3) is 0 Å². The first kappa shape index (κ1) is 14.9. The van der Waals surface area contributed by atoms with Crippen LogP contribution in [0.15, 0.2) is 53.4 Å². The Bertz CT molecular complexity index is 605. The zero-order chi connectivity index (χ0) is 14.7. The Labute approximate surface area is 134 Å². The third-order valence-electron chi connectivity index (χ3n) is 3.80. The summed E-state index contributed by atoms with van der Waals surface area (Å²) in [6.07, 6.45) is 1.04. The maximum atomic E-state index is 9.72. The van der Waals surface area contributed by atoms with E-state index in [0.717, 1.165) is 22.8 Å². The van der Waals surface area contributed by atoms with Crippen molar-refractivity contribution in [3.63, 3.8) is 0 Å². The molecule has 0 amide bonds. The molecule has 2 nitrogen and oxygen atoms in total. The van der Waals surface area contributed by atoms with Crippen LogP contribution in [0.2, 0.25) is 5.02 Å². The van der Waals surface area contributed by atoms with Gasteiger partial charge in [0.1, 0.15) is 0 Å². The van der Waals surface area contributed by atoms with Crippen LogP contribution in [0.4, 0.5) is 0 Å². The zero-order valence-electron chi connectivity index (χ0n) is 11.6. The molecule has 4 heteroatoms. The molecule has 2 aromatic rings. The minimum Gasteiger partial charge on any atom is -0.394 e. The molecular weight excluding hydrogens is 302 g/mol. The molecule has 0 fully saturated rings. The van der Waals surface area contributed by atoms with E-state index in [1.807, 2.05) is 54.2 Å². The van der Waals surface area contributed by atoms with Crippen molar-refractivity contribution in [2.45, 2.75) is 23.4 Å². The van der Waals surface area contributed by atoms with E-state index < -0.39 is 0 Å². The number of hydrogen-bond acceptors (Lipinski definition) is 3. The minimum atomic E-state index is -0.0499. The van der Waals surface area contributed by atoms with Gasteiger partial charge in [0.05, 0.1) is 12.6 Å². The minimum absolute atomic E-state index is 0.0499. The highest BCUT2D eigenvalue weighted by Gasteiger charge is 2.23. The van der Waals surface area contributed by atoms with Gasteiger partial charge in [-0.2, -0.15) is 0 Å². The van der Waals surface area contributed by atoms with Crippen LogP contribution in [0, 0.1) is 0 Å². The van der Waals surface area contributed by atoms with Crippen LogP contribution in [-0.4, -0.2) is 17.5 Å². The summed E-state index contributed by atoms with van der Waals surface area (Å²) in [4.78, 5) is 1.29. The average Bonchev–Trinajstić information content (AvgIpc) is 2.53. The van der Waals surface area contributed by atoms with Gasteiger partial charge in [-0.15, -0.1) is 11.8 Å². The maximum Gasteiger partial charge on any atom is 0.0626 e. The summed E-state index contributed by atoms with van der Waals surface area (Å²) < 4.78 is 0. The topological polar surface area (TPSA) is 32.3 Å². The highest BCUT2D eigenvalue weighted by molar-refractivity contribution is 7.99. The number of rotatable bonds is 4. The van der Waals surface area contributed by atoms with Crippen LogP contribution >= 0.6 is 23.4 Å². The lowest BCUT2D eigenvalue weighted by atomic mass is 10.0. The first-order valence-electron chi connectivity index (χ1n) is 7.12. The predicted octanol–water partition coefficient (Wildman–Crippen LogP) is 4.20. The van der Waals surface area contributed by atoms with Crippen LogP contribution < -0.4 is 5.32 Å². The Morgan fingerprint density at radius 1 is 1.24 bits per heavy atom. The van der Waals surface area contributed by atoms with Crippen molar-refractivity contribution in [3.05, 3.63) is 64.7 Å². The molecule has 0 bridgehead atoms. The highest BCUT2D eigenvalue weighted by Crippen LogP contribution is 2.38. The molecule has 0 saturated carbocycles. The van der Waals surface area contributed by atoms with E-state index in [1.54, 1.807) is 0 Å². The maximum absolute atomic E-state index is 9.72. The number of thioether (sulfide) groups is 1. The molecular formula is C17H18ClNOS. The molecule has 1 aliphatic rings. The Hall–Kier alpha value is -1.00. The Balaban J connectivity index is 1.84. The molecule has 0 aromatic heterocycles. The third-order valence-corrected chi connectivity index (χ3v) is 5.16. The molecule has 2 atom stereocenters. The second-order valence-corrected chi connectivity index (χ2v) is 6.76. The molecule has 3 rings (SSSR count). The fourth-order valence-corrected chi connectivity index (χ4v) is 4.01. The number of fused-ring (bicyclic) bond motifs is 1. The van der Waals surface area contributed by atoms with Crippen molar-refractivity contribution in [2.75, 3.05) is 12.4 Å². The van der Waals surface area contributed by atoms with Gasteiger partial charge in [-0.05, 0) is 41.5 Å². The average molecular weight is 320 g/mol. The van der Waals surface area contributed by atoms with E-state index >= 15 is 0 Å². The molecule has 1 unspecified atom stereocenters. The largest absolute Gasteiger partial charge is 0.394 e. The molecule has 1 heterocycles. The lowest BCUT2D eigenvalue weighted by molar-refractivity contribution is 0.231. The molecule has 2 N–H and O–H groups in total.